The predicted molar refractivity (Wildman–Crippen MR) is 67.4 cm³/mol. The summed E-state index contributed by atoms with van der Waals surface area (Å²) in [5, 5.41) is 16.1. The standard InChI is InChI=1S/C11H16N2OS/c1-3-6-12-11(15)13-9-5-4-8(2)7-10(9)14/h4-5,7,14H,3,6H2,1-2H3,(H2,12,13,15). The van der Waals surface area contributed by atoms with Crippen molar-refractivity contribution in [1.29, 1.82) is 0 Å². The van der Waals surface area contributed by atoms with Crippen LogP contribution in [0.2, 0.25) is 0 Å². The Morgan fingerprint density at radius 1 is 1.47 bits per heavy atom. The van der Waals surface area contributed by atoms with E-state index in [1.54, 1.807) is 6.07 Å². The monoisotopic (exact) mass is 224 g/mol. The molecular weight excluding hydrogens is 208 g/mol. The van der Waals surface area contributed by atoms with Crippen molar-refractivity contribution in [3.05, 3.63) is 23.8 Å². The first-order valence-corrected chi connectivity index (χ1v) is 5.38. The zero-order valence-corrected chi connectivity index (χ0v) is 9.82. The summed E-state index contributed by atoms with van der Waals surface area (Å²) in [6.07, 6.45) is 1.02. The molecule has 1 rings (SSSR count). The number of thiocarbonyl (C=S) groups is 1. The van der Waals surface area contributed by atoms with Crippen LogP contribution >= 0.6 is 12.2 Å². The Morgan fingerprint density at radius 3 is 2.80 bits per heavy atom. The van der Waals surface area contributed by atoms with Gasteiger partial charge in [0.2, 0.25) is 0 Å². The summed E-state index contributed by atoms with van der Waals surface area (Å²) in [6, 6.07) is 5.43. The molecule has 1 aromatic rings. The van der Waals surface area contributed by atoms with E-state index in [1.807, 2.05) is 19.1 Å². The zero-order valence-electron chi connectivity index (χ0n) is 9.00. The number of hydrogen-bond donors (Lipinski definition) is 3. The minimum absolute atomic E-state index is 0.218. The lowest BCUT2D eigenvalue weighted by Gasteiger charge is -2.11. The number of benzene rings is 1. The number of rotatable bonds is 3. The molecule has 0 aliphatic heterocycles. The summed E-state index contributed by atoms with van der Waals surface area (Å²) in [6.45, 7) is 4.83. The highest BCUT2D eigenvalue weighted by Crippen LogP contribution is 2.23. The third-order valence-electron chi connectivity index (χ3n) is 1.94. The van der Waals surface area contributed by atoms with Gasteiger partial charge in [-0.3, -0.25) is 0 Å². The van der Waals surface area contributed by atoms with Gasteiger partial charge in [-0.15, -0.1) is 0 Å². The second kappa shape index (κ2) is 5.56. The SMILES string of the molecule is CCCNC(=S)Nc1ccc(C)cc1O. The van der Waals surface area contributed by atoms with E-state index in [9.17, 15) is 5.11 Å². The quantitative estimate of drug-likeness (QED) is 0.545. The fourth-order valence-corrected chi connectivity index (χ4v) is 1.36. The molecule has 82 valence electrons. The highest BCUT2D eigenvalue weighted by atomic mass is 32.1. The molecule has 0 atom stereocenters. The van der Waals surface area contributed by atoms with Gasteiger partial charge in [-0.25, -0.2) is 0 Å². The number of phenolic OH excluding ortho intramolecular Hbond substituents is 1. The van der Waals surface area contributed by atoms with E-state index in [0.29, 0.717) is 10.8 Å². The van der Waals surface area contributed by atoms with Gasteiger partial charge in [-0.2, -0.15) is 0 Å². The minimum atomic E-state index is 0.218. The van der Waals surface area contributed by atoms with Gasteiger partial charge in [-0.05, 0) is 43.3 Å². The molecule has 0 fully saturated rings. The highest BCUT2D eigenvalue weighted by Gasteiger charge is 2.02. The molecule has 3 nitrogen and oxygen atoms in total. The fraction of sp³-hybridized carbons (Fsp3) is 0.364. The van der Waals surface area contributed by atoms with Crippen LogP contribution in [0.4, 0.5) is 5.69 Å². The van der Waals surface area contributed by atoms with Crippen LogP contribution in [0, 0.1) is 6.92 Å². The van der Waals surface area contributed by atoms with Crippen LogP contribution in [0.25, 0.3) is 0 Å². The molecule has 0 spiro atoms. The Labute approximate surface area is 95.5 Å². The summed E-state index contributed by atoms with van der Waals surface area (Å²) in [4.78, 5) is 0. The minimum Gasteiger partial charge on any atom is -0.506 e. The van der Waals surface area contributed by atoms with E-state index in [1.165, 1.54) is 0 Å². The Hall–Kier alpha value is -1.29. The van der Waals surface area contributed by atoms with Gasteiger partial charge in [0.15, 0.2) is 5.11 Å². The predicted octanol–water partition coefficient (Wildman–Crippen LogP) is 2.40. The molecule has 0 saturated carbocycles. The first kappa shape index (κ1) is 11.8. The molecule has 3 N–H and O–H groups in total. The largest absolute Gasteiger partial charge is 0.506 e. The number of nitrogens with one attached hydrogen (secondary N) is 2. The molecule has 4 heteroatoms. The highest BCUT2D eigenvalue weighted by molar-refractivity contribution is 7.80. The van der Waals surface area contributed by atoms with Gasteiger partial charge in [0.05, 0.1) is 5.69 Å². The van der Waals surface area contributed by atoms with E-state index < -0.39 is 0 Å². The van der Waals surface area contributed by atoms with Crippen LogP contribution in [-0.2, 0) is 0 Å². The summed E-state index contributed by atoms with van der Waals surface area (Å²) in [5.74, 6) is 0.218. The lowest BCUT2D eigenvalue weighted by atomic mass is 10.2. The van der Waals surface area contributed by atoms with Gasteiger partial charge >= 0.3 is 0 Å². The molecule has 0 radical (unpaired) electrons. The Bertz CT molecular complexity index is 352. The van der Waals surface area contributed by atoms with Gasteiger partial charge in [0.1, 0.15) is 5.75 Å². The van der Waals surface area contributed by atoms with Crippen molar-refractivity contribution < 1.29 is 5.11 Å². The summed E-state index contributed by atoms with van der Waals surface area (Å²) >= 11 is 5.06. The average Bonchev–Trinajstić information content (AvgIpc) is 2.19. The maximum atomic E-state index is 9.62. The van der Waals surface area contributed by atoms with Crippen LogP contribution < -0.4 is 10.6 Å². The van der Waals surface area contributed by atoms with Crippen molar-refractivity contribution >= 4 is 23.0 Å². The van der Waals surface area contributed by atoms with Crippen LogP contribution in [-0.4, -0.2) is 16.8 Å². The molecule has 0 aliphatic rings. The summed E-state index contributed by atoms with van der Waals surface area (Å²) in [5.41, 5.74) is 1.65. The van der Waals surface area contributed by atoms with Gasteiger partial charge in [-0.1, -0.05) is 13.0 Å². The fourth-order valence-electron chi connectivity index (χ4n) is 1.15. The number of phenols is 1. The molecule has 1 aromatic carbocycles. The van der Waals surface area contributed by atoms with E-state index in [0.717, 1.165) is 18.5 Å². The van der Waals surface area contributed by atoms with Crippen molar-refractivity contribution in [2.45, 2.75) is 20.3 Å². The average molecular weight is 224 g/mol. The van der Waals surface area contributed by atoms with Crippen LogP contribution in [0.3, 0.4) is 0 Å². The summed E-state index contributed by atoms with van der Waals surface area (Å²) in [7, 11) is 0. The van der Waals surface area contributed by atoms with Crippen molar-refractivity contribution in [3.63, 3.8) is 0 Å². The molecule has 0 bridgehead atoms. The number of aromatic hydroxyl groups is 1. The number of anilines is 1. The van der Waals surface area contributed by atoms with Crippen molar-refractivity contribution in [1.82, 2.24) is 5.32 Å². The van der Waals surface area contributed by atoms with Gasteiger partial charge in [0.25, 0.3) is 0 Å². The molecule has 0 unspecified atom stereocenters. The molecular formula is C11H16N2OS. The van der Waals surface area contributed by atoms with Crippen LogP contribution in [0.5, 0.6) is 5.75 Å². The first-order valence-electron chi connectivity index (χ1n) is 4.98. The lowest BCUT2D eigenvalue weighted by molar-refractivity contribution is 0.477. The first-order chi connectivity index (χ1) is 7.13. The van der Waals surface area contributed by atoms with E-state index in [-0.39, 0.29) is 5.75 Å². The second-order valence-corrected chi connectivity index (χ2v) is 3.81. The molecule has 0 amide bonds. The summed E-state index contributed by atoms with van der Waals surface area (Å²) < 4.78 is 0. The van der Waals surface area contributed by atoms with E-state index >= 15 is 0 Å². The zero-order chi connectivity index (χ0) is 11.3. The third-order valence-corrected chi connectivity index (χ3v) is 2.18. The van der Waals surface area contributed by atoms with Crippen molar-refractivity contribution in [2.75, 3.05) is 11.9 Å². The Balaban J connectivity index is 2.60. The van der Waals surface area contributed by atoms with E-state index in [4.69, 9.17) is 12.2 Å². The molecule has 0 aromatic heterocycles. The normalized spacial score (nSPS) is 9.73. The topological polar surface area (TPSA) is 44.3 Å². The molecule has 0 heterocycles. The maximum absolute atomic E-state index is 9.62. The molecule has 15 heavy (non-hydrogen) atoms. The maximum Gasteiger partial charge on any atom is 0.170 e. The Kier molecular flexibility index (Phi) is 4.37. The number of hydrogen-bond acceptors (Lipinski definition) is 2. The van der Waals surface area contributed by atoms with Gasteiger partial charge in [0, 0.05) is 6.54 Å². The van der Waals surface area contributed by atoms with Crippen LogP contribution in [0.1, 0.15) is 18.9 Å². The molecule has 0 saturated heterocycles. The lowest BCUT2D eigenvalue weighted by Crippen LogP contribution is -2.28. The molecule has 0 aliphatic carbocycles. The van der Waals surface area contributed by atoms with Crippen molar-refractivity contribution in [3.8, 4) is 5.75 Å². The van der Waals surface area contributed by atoms with Gasteiger partial charge < -0.3 is 15.7 Å². The van der Waals surface area contributed by atoms with Crippen LogP contribution in [0.15, 0.2) is 18.2 Å². The number of aryl methyl sites for hydroxylation is 1. The second-order valence-electron chi connectivity index (χ2n) is 3.40. The Morgan fingerprint density at radius 2 is 2.20 bits per heavy atom. The van der Waals surface area contributed by atoms with E-state index in [2.05, 4.69) is 17.6 Å². The third kappa shape index (κ3) is 3.75. The smallest absolute Gasteiger partial charge is 0.170 e. The van der Waals surface area contributed by atoms with Crippen molar-refractivity contribution in [2.24, 2.45) is 0 Å².